The SMILES string of the molecule is N=CCc1ncc(N2CCOCC2)cc1Oc1ccc(NC(=O)C2(C(=O)Nc3ccc(F)cc3)CC2)cc1F. The third-order valence-corrected chi connectivity index (χ3v) is 6.72. The fourth-order valence-electron chi connectivity index (χ4n) is 4.29. The first kappa shape index (κ1) is 26.2. The fourth-order valence-corrected chi connectivity index (χ4v) is 4.29. The topological polar surface area (TPSA) is 117 Å². The van der Waals surface area contributed by atoms with Gasteiger partial charge in [-0.25, -0.2) is 8.78 Å². The molecule has 2 fully saturated rings. The molecule has 11 heteroatoms. The summed E-state index contributed by atoms with van der Waals surface area (Å²) in [7, 11) is 0. The maximum atomic E-state index is 15.1. The summed E-state index contributed by atoms with van der Waals surface area (Å²) < 4.78 is 39.5. The van der Waals surface area contributed by atoms with Gasteiger partial charge in [-0.3, -0.25) is 14.6 Å². The highest BCUT2D eigenvalue weighted by Gasteiger charge is 2.56. The molecule has 2 aliphatic rings. The molecule has 9 nitrogen and oxygen atoms in total. The maximum absolute atomic E-state index is 15.1. The Hall–Kier alpha value is -4.38. The molecule has 3 N–H and O–H groups in total. The van der Waals surface area contributed by atoms with Gasteiger partial charge >= 0.3 is 0 Å². The number of ether oxygens (including phenoxy) is 2. The summed E-state index contributed by atoms with van der Waals surface area (Å²) in [6.07, 6.45) is 3.80. The smallest absolute Gasteiger partial charge is 0.240 e. The van der Waals surface area contributed by atoms with Crippen molar-refractivity contribution in [1.82, 2.24) is 4.98 Å². The van der Waals surface area contributed by atoms with E-state index in [0.717, 1.165) is 11.8 Å². The van der Waals surface area contributed by atoms with E-state index in [1.807, 2.05) is 0 Å². The van der Waals surface area contributed by atoms with Crippen molar-refractivity contribution in [2.24, 2.45) is 5.41 Å². The van der Waals surface area contributed by atoms with Gasteiger partial charge in [0, 0.05) is 49.2 Å². The highest BCUT2D eigenvalue weighted by atomic mass is 19.1. The first-order valence-corrected chi connectivity index (χ1v) is 12.5. The number of anilines is 3. The number of rotatable bonds is 9. The molecule has 202 valence electrons. The van der Waals surface area contributed by atoms with Crippen LogP contribution in [0.15, 0.2) is 54.7 Å². The zero-order valence-electron chi connectivity index (χ0n) is 21.0. The van der Waals surface area contributed by atoms with Gasteiger partial charge in [0.1, 0.15) is 11.2 Å². The number of nitrogens with zero attached hydrogens (tertiary/aromatic N) is 2. The highest BCUT2D eigenvalue weighted by Crippen LogP contribution is 2.47. The van der Waals surface area contributed by atoms with Crippen LogP contribution in [0.3, 0.4) is 0 Å². The van der Waals surface area contributed by atoms with Crippen LogP contribution in [-0.4, -0.2) is 49.3 Å². The summed E-state index contributed by atoms with van der Waals surface area (Å²) >= 11 is 0. The number of nitrogens with one attached hydrogen (secondary N) is 3. The van der Waals surface area contributed by atoms with Gasteiger partial charge in [0.05, 0.1) is 30.8 Å². The molecule has 39 heavy (non-hydrogen) atoms. The third kappa shape index (κ3) is 5.88. The molecule has 1 saturated carbocycles. The van der Waals surface area contributed by atoms with E-state index in [-0.39, 0.29) is 17.9 Å². The number of benzene rings is 2. The number of hydrogen-bond donors (Lipinski definition) is 3. The molecule has 1 saturated heterocycles. The maximum Gasteiger partial charge on any atom is 0.240 e. The zero-order valence-corrected chi connectivity index (χ0v) is 21.0. The van der Waals surface area contributed by atoms with E-state index < -0.39 is 28.9 Å². The molecule has 0 atom stereocenters. The van der Waals surface area contributed by atoms with Crippen LogP contribution in [0.2, 0.25) is 0 Å². The number of carbonyl (C=O) groups is 2. The molecule has 1 aliphatic heterocycles. The molecule has 3 aromatic rings. The van der Waals surface area contributed by atoms with Crippen LogP contribution in [0.1, 0.15) is 18.5 Å². The van der Waals surface area contributed by atoms with E-state index in [2.05, 4.69) is 20.5 Å². The number of halogens is 2. The van der Waals surface area contributed by atoms with Gasteiger partial charge in [0.2, 0.25) is 11.8 Å². The summed E-state index contributed by atoms with van der Waals surface area (Å²) in [5.41, 5.74) is 0.572. The average Bonchev–Trinajstić information content (AvgIpc) is 3.76. The van der Waals surface area contributed by atoms with Gasteiger partial charge in [-0.05, 0) is 49.2 Å². The van der Waals surface area contributed by atoms with Crippen molar-refractivity contribution in [3.8, 4) is 11.5 Å². The first-order valence-electron chi connectivity index (χ1n) is 12.5. The lowest BCUT2D eigenvalue weighted by Gasteiger charge is -2.29. The average molecular weight is 536 g/mol. The molecule has 2 amide bonds. The van der Waals surface area contributed by atoms with Crippen molar-refractivity contribution in [3.05, 3.63) is 72.1 Å². The second kappa shape index (κ2) is 11.2. The van der Waals surface area contributed by atoms with Crippen molar-refractivity contribution in [2.75, 3.05) is 41.8 Å². The summed E-state index contributed by atoms with van der Waals surface area (Å²) in [6.45, 7) is 2.57. The molecule has 2 aromatic carbocycles. The summed E-state index contributed by atoms with van der Waals surface area (Å²) in [5.74, 6) is -1.95. The van der Waals surface area contributed by atoms with Crippen LogP contribution < -0.4 is 20.3 Å². The predicted molar refractivity (Wildman–Crippen MR) is 142 cm³/mol. The molecular weight excluding hydrogens is 508 g/mol. The van der Waals surface area contributed by atoms with Crippen LogP contribution in [0.25, 0.3) is 0 Å². The Morgan fingerprint density at radius 2 is 1.67 bits per heavy atom. The molecule has 0 spiro atoms. The lowest BCUT2D eigenvalue weighted by atomic mass is 10.0. The molecule has 0 bridgehead atoms. The van der Waals surface area contributed by atoms with E-state index in [1.54, 1.807) is 12.3 Å². The van der Waals surface area contributed by atoms with Crippen LogP contribution in [0.5, 0.6) is 11.5 Å². The van der Waals surface area contributed by atoms with E-state index in [1.165, 1.54) is 42.6 Å². The van der Waals surface area contributed by atoms with Crippen molar-refractivity contribution in [3.63, 3.8) is 0 Å². The Morgan fingerprint density at radius 1 is 1.00 bits per heavy atom. The number of amides is 2. The standard InChI is InChI=1S/C28H27F2N5O4/c29-18-1-3-19(4-2-18)33-26(36)28(8-9-28)27(37)34-20-5-6-24(22(30)15-20)39-25-16-21(17-32-23(25)7-10-31)35-11-13-38-14-12-35/h1-6,10,15-17,31H,7-9,11-14H2,(H,33,36)(H,34,37). The second-order valence-electron chi connectivity index (χ2n) is 9.39. The van der Waals surface area contributed by atoms with Crippen molar-refractivity contribution in [2.45, 2.75) is 19.3 Å². The van der Waals surface area contributed by atoms with Gasteiger partial charge < -0.3 is 30.4 Å². The van der Waals surface area contributed by atoms with E-state index in [4.69, 9.17) is 14.9 Å². The second-order valence-corrected chi connectivity index (χ2v) is 9.39. The normalized spacial score (nSPS) is 15.8. The minimum Gasteiger partial charge on any atom is -0.452 e. The van der Waals surface area contributed by atoms with Crippen LogP contribution in [0, 0.1) is 22.5 Å². The van der Waals surface area contributed by atoms with Gasteiger partial charge in [0.15, 0.2) is 17.3 Å². The van der Waals surface area contributed by atoms with E-state index in [0.29, 0.717) is 56.3 Å². The lowest BCUT2D eigenvalue weighted by molar-refractivity contribution is -0.131. The van der Waals surface area contributed by atoms with Crippen molar-refractivity contribution >= 4 is 35.1 Å². The Labute approximate surface area is 223 Å². The van der Waals surface area contributed by atoms with Crippen LogP contribution in [-0.2, 0) is 20.7 Å². The Balaban J connectivity index is 1.28. The summed E-state index contributed by atoms with van der Waals surface area (Å²) in [6, 6.07) is 11.0. The van der Waals surface area contributed by atoms with Crippen LogP contribution >= 0.6 is 0 Å². The summed E-state index contributed by atoms with van der Waals surface area (Å²) in [5, 5.41) is 12.7. The number of carbonyl (C=O) groups excluding carboxylic acids is 2. The first-order chi connectivity index (χ1) is 18.9. The van der Waals surface area contributed by atoms with Crippen molar-refractivity contribution < 1.29 is 27.8 Å². The molecule has 1 aromatic heterocycles. The Bertz CT molecular complexity index is 1390. The molecular formula is C28H27F2N5O4. The Kier molecular flexibility index (Phi) is 7.51. The van der Waals surface area contributed by atoms with Gasteiger partial charge in [0.25, 0.3) is 0 Å². The molecule has 0 radical (unpaired) electrons. The molecule has 2 heterocycles. The van der Waals surface area contributed by atoms with Crippen molar-refractivity contribution in [1.29, 1.82) is 5.41 Å². The van der Waals surface area contributed by atoms with Gasteiger partial charge in [-0.1, -0.05) is 0 Å². The number of aromatic nitrogens is 1. The quantitative estimate of drug-likeness (QED) is 0.274. The monoisotopic (exact) mass is 535 g/mol. The number of morpholine rings is 1. The predicted octanol–water partition coefficient (Wildman–Crippen LogP) is 4.54. The van der Waals surface area contributed by atoms with Crippen LogP contribution in [0.4, 0.5) is 25.8 Å². The molecule has 0 unspecified atom stereocenters. The highest BCUT2D eigenvalue weighted by molar-refractivity contribution is 6.16. The lowest BCUT2D eigenvalue weighted by Crippen LogP contribution is -2.36. The number of pyridine rings is 1. The third-order valence-electron chi connectivity index (χ3n) is 6.72. The van der Waals surface area contributed by atoms with E-state index >= 15 is 4.39 Å². The fraction of sp³-hybridized carbons (Fsp3) is 0.286. The minimum absolute atomic E-state index is 0.0738. The van der Waals surface area contributed by atoms with Gasteiger partial charge in [-0.2, -0.15) is 0 Å². The molecule has 1 aliphatic carbocycles. The molecule has 5 rings (SSSR count). The van der Waals surface area contributed by atoms with Gasteiger partial charge in [-0.15, -0.1) is 0 Å². The minimum atomic E-state index is -1.27. The Morgan fingerprint density at radius 3 is 2.31 bits per heavy atom. The number of hydrogen-bond acceptors (Lipinski definition) is 7. The largest absolute Gasteiger partial charge is 0.452 e. The van der Waals surface area contributed by atoms with E-state index in [9.17, 15) is 14.0 Å². The zero-order chi connectivity index (χ0) is 27.4. The summed E-state index contributed by atoms with van der Waals surface area (Å²) in [4.78, 5) is 32.2.